The van der Waals surface area contributed by atoms with Gasteiger partial charge >= 0.3 is 0 Å². The Morgan fingerprint density at radius 2 is 1.76 bits per heavy atom. The number of benzene rings is 1. The van der Waals surface area contributed by atoms with Crippen molar-refractivity contribution in [2.75, 3.05) is 30.9 Å². The van der Waals surface area contributed by atoms with Gasteiger partial charge in [0.15, 0.2) is 0 Å². The lowest BCUT2D eigenvalue weighted by Gasteiger charge is -2.13. The molecule has 0 spiro atoms. The number of anilines is 2. The van der Waals surface area contributed by atoms with Crippen LogP contribution < -0.4 is 19.7 Å². The second-order valence-corrected chi connectivity index (χ2v) is 6.62. The minimum absolute atomic E-state index is 0.232. The molecule has 1 aromatic rings. The Kier molecular flexibility index (Phi) is 6.13. The quantitative estimate of drug-likeness (QED) is 0.684. The van der Waals surface area contributed by atoms with Gasteiger partial charge in [0.1, 0.15) is 0 Å². The summed E-state index contributed by atoms with van der Waals surface area (Å²) in [5.74, 6) is -0.429. The van der Waals surface area contributed by atoms with Gasteiger partial charge in [0.25, 0.3) is 10.2 Å². The molecule has 0 saturated carbocycles. The molecule has 0 unspecified atom stereocenters. The van der Waals surface area contributed by atoms with Gasteiger partial charge in [0.05, 0.1) is 6.54 Å². The maximum Gasteiger partial charge on any atom is 0.277 e. The first-order valence-corrected chi connectivity index (χ1v) is 8.02. The van der Waals surface area contributed by atoms with Gasteiger partial charge in [0, 0.05) is 31.5 Å². The number of amides is 1. The van der Waals surface area contributed by atoms with Crippen molar-refractivity contribution in [3.63, 3.8) is 0 Å². The van der Waals surface area contributed by atoms with Crippen molar-refractivity contribution in [3.8, 4) is 0 Å². The molecule has 0 radical (unpaired) electrons. The van der Waals surface area contributed by atoms with Gasteiger partial charge in [-0.1, -0.05) is 0 Å². The molecule has 118 valence electrons. The molecule has 3 N–H and O–H groups in total. The molecule has 8 heteroatoms. The molecule has 0 aliphatic carbocycles. The van der Waals surface area contributed by atoms with E-state index in [9.17, 15) is 13.2 Å². The molecular formula is C13H22N4O3S. The summed E-state index contributed by atoms with van der Waals surface area (Å²) in [6.07, 6.45) is 0. The zero-order valence-corrected chi connectivity index (χ0v) is 13.5. The molecule has 7 nitrogen and oxygen atoms in total. The van der Waals surface area contributed by atoms with E-state index >= 15 is 0 Å². The monoisotopic (exact) mass is 314 g/mol. The first-order valence-electron chi connectivity index (χ1n) is 6.54. The average Bonchev–Trinajstić information content (AvgIpc) is 2.36. The minimum atomic E-state index is -3.65. The molecule has 0 bridgehead atoms. The van der Waals surface area contributed by atoms with Crippen molar-refractivity contribution in [3.05, 3.63) is 24.3 Å². The van der Waals surface area contributed by atoms with Crippen molar-refractivity contribution in [2.45, 2.75) is 19.9 Å². The Hall–Kier alpha value is -1.64. The second-order valence-electron chi connectivity index (χ2n) is 5.09. The Bertz CT molecular complexity index is 568. The average molecular weight is 314 g/mol. The Morgan fingerprint density at radius 3 is 2.24 bits per heavy atom. The largest absolute Gasteiger partial charge is 0.378 e. The van der Waals surface area contributed by atoms with Crippen LogP contribution in [0.5, 0.6) is 0 Å². The number of carbonyl (C=O) groups is 1. The van der Waals surface area contributed by atoms with Crippen molar-refractivity contribution in [1.82, 2.24) is 9.44 Å². The molecule has 21 heavy (non-hydrogen) atoms. The van der Waals surface area contributed by atoms with E-state index in [1.165, 1.54) is 0 Å². The second kappa shape index (κ2) is 7.39. The fourth-order valence-electron chi connectivity index (χ4n) is 1.56. The molecule has 1 aromatic carbocycles. The van der Waals surface area contributed by atoms with E-state index in [0.29, 0.717) is 5.69 Å². The van der Waals surface area contributed by atoms with E-state index in [4.69, 9.17) is 0 Å². The van der Waals surface area contributed by atoms with Gasteiger partial charge in [-0.25, -0.2) is 0 Å². The molecule has 0 heterocycles. The Morgan fingerprint density at radius 1 is 1.19 bits per heavy atom. The lowest BCUT2D eigenvalue weighted by molar-refractivity contribution is -0.115. The molecular weight excluding hydrogens is 292 g/mol. The standard InChI is InChI=1S/C13H22N4O3S/c1-10(2)16-21(19,20)14-9-13(18)15-11-5-7-12(8-6-11)17(3)4/h5-8,10,14,16H,9H2,1-4H3,(H,15,18). The van der Waals surface area contributed by atoms with Gasteiger partial charge in [-0.3, -0.25) is 4.79 Å². The highest BCUT2D eigenvalue weighted by Crippen LogP contribution is 2.15. The van der Waals surface area contributed by atoms with Crippen LogP contribution in [0.1, 0.15) is 13.8 Å². The first-order chi connectivity index (χ1) is 9.69. The number of carbonyl (C=O) groups excluding carboxylic acids is 1. The fourth-order valence-corrected chi connectivity index (χ4v) is 2.59. The summed E-state index contributed by atoms with van der Waals surface area (Å²) in [5.41, 5.74) is 1.62. The summed E-state index contributed by atoms with van der Waals surface area (Å²) in [6.45, 7) is 3.08. The molecule has 0 aliphatic heterocycles. The van der Waals surface area contributed by atoms with Crippen LogP contribution in [0, 0.1) is 0 Å². The molecule has 0 aromatic heterocycles. The predicted octanol–water partition coefficient (Wildman–Crippen LogP) is 0.524. The van der Waals surface area contributed by atoms with Crippen LogP contribution in [0.4, 0.5) is 11.4 Å². The highest BCUT2D eigenvalue weighted by atomic mass is 32.2. The van der Waals surface area contributed by atoms with E-state index in [-0.39, 0.29) is 12.6 Å². The van der Waals surface area contributed by atoms with Gasteiger partial charge in [0.2, 0.25) is 5.91 Å². The van der Waals surface area contributed by atoms with Gasteiger partial charge in [-0.2, -0.15) is 17.9 Å². The molecule has 0 atom stereocenters. The van der Waals surface area contributed by atoms with E-state index < -0.39 is 16.1 Å². The van der Waals surface area contributed by atoms with Crippen LogP contribution >= 0.6 is 0 Å². The lowest BCUT2D eigenvalue weighted by Crippen LogP contribution is -2.43. The van der Waals surface area contributed by atoms with Crippen LogP contribution in [-0.2, 0) is 15.0 Å². The smallest absolute Gasteiger partial charge is 0.277 e. The summed E-state index contributed by atoms with van der Waals surface area (Å²) < 4.78 is 27.5. The normalized spacial score (nSPS) is 11.5. The summed E-state index contributed by atoms with van der Waals surface area (Å²) in [4.78, 5) is 13.6. The Labute approximate surface area is 125 Å². The van der Waals surface area contributed by atoms with E-state index in [1.807, 2.05) is 31.1 Å². The zero-order chi connectivity index (χ0) is 16.0. The van der Waals surface area contributed by atoms with Gasteiger partial charge < -0.3 is 10.2 Å². The predicted molar refractivity (Wildman–Crippen MR) is 84.6 cm³/mol. The lowest BCUT2D eigenvalue weighted by atomic mass is 10.2. The van der Waals surface area contributed by atoms with E-state index in [2.05, 4.69) is 14.8 Å². The van der Waals surface area contributed by atoms with Crippen molar-refractivity contribution >= 4 is 27.5 Å². The van der Waals surface area contributed by atoms with Gasteiger partial charge in [-0.05, 0) is 38.1 Å². The molecule has 1 amide bonds. The van der Waals surface area contributed by atoms with Gasteiger partial charge in [-0.15, -0.1) is 0 Å². The first kappa shape index (κ1) is 17.4. The third-order valence-electron chi connectivity index (χ3n) is 2.48. The molecule has 0 saturated heterocycles. The number of hydrogen-bond donors (Lipinski definition) is 3. The maximum absolute atomic E-state index is 11.7. The fraction of sp³-hybridized carbons (Fsp3) is 0.462. The number of nitrogens with one attached hydrogen (secondary N) is 3. The molecule has 0 aliphatic rings. The number of hydrogen-bond acceptors (Lipinski definition) is 4. The summed E-state index contributed by atoms with van der Waals surface area (Å²) in [6, 6.07) is 7.01. The SMILES string of the molecule is CC(C)NS(=O)(=O)NCC(=O)Nc1ccc(N(C)C)cc1. The van der Waals surface area contributed by atoms with Crippen LogP contribution in [0.3, 0.4) is 0 Å². The summed E-state index contributed by atoms with van der Waals surface area (Å²) in [7, 11) is 0.188. The maximum atomic E-state index is 11.7. The highest BCUT2D eigenvalue weighted by molar-refractivity contribution is 7.87. The number of nitrogens with zero attached hydrogens (tertiary/aromatic N) is 1. The van der Waals surface area contributed by atoms with Crippen molar-refractivity contribution in [2.24, 2.45) is 0 Å². The van der Waals surface area contributed by atoms with Crippen LogP contribution in [-0.4, -0.2) is 41.0 Å². The third kappa shape index (κ3) is 6.56. The van der Waals surface area contributed by atoms with E-state index in [0.717, 1.165) is 5.69 Å². The Balaban J connectivity index is 2.50. The number of rotatable bonds is 7. The topological polar surface area (TPSA) is 90.5 Å². The summed E-state index contributed by atoms with van der Waals surface area (Å²) in [5, 5.41) is 2.62. The minimum Gasteiger partial charge on any atom is -0.378 e. The summed E-state index contributed by atoms with van der Waals surface area (Å²) >= 11 is 0. The van der Waals surface area contributed by atoms with Crippen LogP contribution in [0.25, 0.3) is 0 Å². The van der Waals surface area contributed by atoms with Crippen LogP contribution in [0.15, 0.2) is 24.3 Å². The van der Waals surface area contributed by atoms with Crippen molar-refractivity contribution < 1.29 is 13.2 Å². The van der Waals surface area contributed by atoms with Crippen molar-refractivity contribution in [1.29, 1.82) is 0 Å². The van der Waals surface area contributed by atoms with Crippen LogP contribution in [0.2, 0.25) is 0 Å². The molecule has 1 rings (SSSR count). The molecule has 0 fully saturated rings. The zero-order valence-electron chi connectivity index (χ0n) is 12.7. The van der Waals surface area contributed by atoms with E-state index in [1.54, 1.807) is 26.0 Å². The third-order valence-corrected chi connectivity index (χ3v) is 3.79. The highest BCUT2D eigenvalue weighted by Gasteiger charge is 2.13.